The van der Waals surface area contributed by atoms with Gasteiger partial charge in [-0.3, -0.25) is 4.79 Å². The molecule has 0 radical (unpaired) electrons. The molecular formula is C11H14O2. The molecule has 0 aromatic rings. The smallest absolute Gasteiger partial charge is 0.293 e. The minimum Gasteiger partial charge on any atom is -0.464 e. The maximum absolute atomic E-state index is 10.3. The first-order valence-corrected chi connectivity index (χ1v) is 5.16. The van der Waals surface area contributed by atoms with Crippen molar-refractivity contribution in [3.8, 4) is 0 Å². The van der Waals surface area contributed by atoms with Gasteiger partial charge < -0.3 is 4.74 Å². The monoisotopic (exact) mass is 178 g/mol. The minimum absolute atomic E-state index is 0.228. The van der Waals surface area contributed by atoms with Crippen molar-refractivity contribution < 1.29 is 9.53 Å². The van der Waals surface area contributed by atoms with Crippen molar-refractivity contribution in [2.24, 2.45) is 23.7 Å². The fraction of sp³-hybridized carbons (Fsp3) is 0.727. The van der Waals surface area contributed by atoms with E-state index in [0.717, 1.165) is 24.2 Å². The second-order valence-electron chi connectivity index (χ2n) is 4.57. The van der Waals surface area contributed by atoms with E-state index in [1.807, 2.05) is 0 Å². The predicted octanol–water partition coefficient (Wildman–Crippen LogP) is 1.76. The van der Waals surface area contributed by atoms with Crippen molar-refractivity contribution in [2.45, 2.75) is 25.4 Å². The van der Waals surface area contributed by atoms with Gasteiger partial charge in [-0.05, 0) is 37.0 Å². The Bertz CT molecular complexity index is 259. The van der Waals surface area contributed by atoms with Crippen LogP contribution in [-0.2, 0) is 9.53 Å². The molecule has 3 aliphatic carbocycles. The maximum atomic E-state index is 10.3. The summed E-state index contributed by atoms with van der Waals surface area (Å²) in [6, 6.07) is 0. The molecule has 2 fully saturated rings. The van der Waals surface area contributed by atoms with Crippen LogP contribution in [0.15, 0.2) is 12.2 Å². The second-order valence-corrected chi connectivity index (χ2v) is 4.57. The van der Waals surface area contributed by atoms with Crippen molar-refractivity contribution >= 4 is 6.47 Å². The summed E-state index contributed by atoms with van der Waals surface area (Å²) in [6.07, 6.45) is 8.55. The van der Waals surface area contributed by atoms with Gasteiger partial charge in [-0.1, -0.05) is 12.2 Å². The molecule has 0 N–H and O–H groups in total. The molecule has 0 aliphatic heterocycles. The third-order valence-electron chi connectivity index (χ3n) is 4.18. The summed E-state index contributed by atoms with van der Waals surface area (Å²) in [5.41, 5.74) is 0. The van der Waals surface area contributed by atoms with Crippen LogP contribution in [0.3, 0.4) is 0 Å². The van der Waals surface area contributed by atoms with Gasteiger partial charge in [0.1, 0.15) is 6.10 Å². The number of hydrogen-bond acceptors (Lipinski definition) is 2. The molecule has 5 atom stereocenters. The van der Waals surface area contributed by atoms with Gasteiger partial charge in [0.05, 0.1) is 0 Å². The van der Waals surface area contributed by atoms with E-state index in [-0.39, 0.29) is 6.10 Å². The van der Waals surface area contributed by atoms with Crippen molar-refractivity contribution in [2.75, 3.05) is 0 Å². The normalized spacial score (nSPS) is 50.9. The highest BCUT2D eigenvalue weighted by Crippen LogP contribution is 2.57. The van der Waals surface area contributed by atoms with Crippen molar-refractivity contribution in [1.29, 1.82) is 0 Å². The standard InChI is InChI=1S/C11H14O2/c12-6-13-11-5-7-4-10(11)9-3-1-2-8(7)9/h1,3,6-11H,2,4-5H2/t7-,8?,9?,10-,11+/m0/s1. The molecule has 13 heavy (non-hydrogen) atoms. The van der Waals surface area contributed by atoms with Gasteiger partial charge in [-0.15, -0.1) is 0 Å². The van der Waals surface area contributed by atoms with Crippen LogP contribution in [0.2, 0.25) is 0 Å². The Hall–Kier alpha value is -0.790. The molecule has 2 heteroatoms. The first kappa shape index (κ1) is 7.60. The van der Waals surface area contributed by atoms with Crippen LogP contribution in [0.1, 0.15) is 19.3 Å². The molecule has 3 aliphatic rings. The van der Waals surface area contributed by atoms with Crippen LogP contribution in [0.25, 0.3) is 0 Å². The lowest BCUT2D eigenvalue weighted by Gasteiger charge is -2.29. The third-order valence-corrected chi connectivity index (χ3v) is 4.18. The number of carbonyl (C=O) groups excluding carboxylic acids is 1. The van der Waals surface area contributed by atoms with Gasteiger partial charge in [0, 0.05) is 5.92 Å². The molecule has 0 saturated heterocycles. The molecular weight excluding hydrogens is 164 g/mol. The Morgan fingerprint density at radius 1 is 1.31 bits per heavy atom. The zero-order valence-corrected chi connectivity index (χ0v) is 7.56. The molecule has 0 aromatic carbocycles. The van der Waals surface area contributed by atoms with Gasteiger partial charge in [0.2, 0.25) is 0 Å². The minimum atomic E-state index is 0.228. The van der Waals surface area contributed by atoms with Crippen LogP contribution in [0.4, 0.5) is 0 Å². The number of allylic oxidation sites excluding steroid dienone is 2. The van der Waals surface area contributed by atoms with E-state index in [4.69, 9.17) is 4.74 Å². The summed E-state index contributed by atoms with van der Waals surface area (Å²) in [6.45, 7) is 0.624. The number of hydrogen-bond donors (Lipinski definition) is 0. The number of fused-ring (bicyclic) bond motifs is 5. The third kappa shape index (κ3) is 0.917. The number of ether oxygens (including phenoxy) is 1. The fourth-order valence-electron chi connectivity index (χ4n) is 3.71. The Morgan fingerprint density at radius 2 is 2.23 bits per heavy atom. The van der Waals surface area contributed by atoms with E-state index in [0.29, 0.717) is 12.4 Å². The van der Waals surface area contributed by atoms with E-state index in [9.17, 15) is 4.79 Å². The first-order chi connectivity index (χ1) is 6.40. The quantitative estimate of drug-likeness (QED) is 0.475. The average molecular weight is 178 g/mol. The van der Waals surface area contributed by atoms with Crippen molar-refractivity contribution in [1.82, 2.24) is 0 Å². The molecule has 2 bridgehead atoms. The van der Waals surface area contributed by atoms with E-state index in [2.05, 4.69) is 12.2 Å². The highest BCUT2D eigenvalue weighted by atomic mass is 16.5. The molecule has 3 rings (SSSR count). The van der Waals surface area contributed by atoms with Crippen LogP contribution >= 0.6 is 0 Å². The van der Waals surface area contributed by atoms with E-state index in [1.165, 1.54) is 12.8 Å². The topological polar surface area (TPSA) is 26.3 Å². The molecule has 2 unspecified atom stereocenters. The summed E-state index contributed by atoms with van der Waals surface area (Å²) < 4.78 is 5.13. The fourth-order valence-corrected chi connectivity index (χ4v) is 3.71. The maximum Gasteiger partial charge on any atom is 0.293 e. The first-order valence-electron chi connectivity index (χ1n) is 5.16. The molecule has 2 saturated carbocycles. The van der Waals surface area contributed by atoms with Crippen LogP contribution < -0.4 is 0 Å². The Labute approximate surface area is 78.0 Å². The van der Waals surface area contributed by atoms with Gasteiger partial charge in [-0.25, -0.2) is 0 Å². The lowest BCUT2D eigenvalue weighted by Crippen LogP contribution is -2.29. The molecule has 2 nitrogen and oxygen atoms in total. The lowest BCUT2D eigenvalue weighted by atomic mass is 9.80. The van der Waals surface area contributed by atoms with E-state index < -0.39 is 0 Å². The van der Waals surface area contributed by atoms with E-state index >= 15 is 0 Å². The largest absolute Gasteiger partial charge is 0.464 e. The SMILES string of the molecule is O=CO[C@@H]1C[C@@H]2C[C@H]1C1C=CCC12. The zero-order chi connectivity index (χ0) is 8.84. The summed E-state index contributed by atoms with van der Waals surface area (Å²) in [7, 11) is 0. The van der Waals surface area contributed by atoms with E-state index in [1.54, 1.807) is 0 Å². The van der Waals surface area contributed by atoms with Gasteiger partial charge >= 0.3 is 0 Å². The van der Waals surface area contributed by atoms with Crippen LogP contribution in [0.5, 0.6) is 0 Å². The Morgan fingerprint density at radius 3 is 3.08 bits per heavy atom. The molecule has 70 valence electrons. The highest BCUT2D eigenvalue weighted by Gasteiger charge is 2.53. The van der Waals surface area contributed by atoms with Crippen molar-refractivity contribution in [3.05, 3.63) is 12.2 Å². The van der Waals surface area contributed by atoms with Crippen LogP contribution in [0, 0.1) is 23.7 Å². The average Bonchev–Trinajstić information content (AvgIpc) is 2.72. The molecule has 0 aromatic heterocycles. The summed E-state index contributed by atoms with van der Waals surface area (Å²) in [5, 5.41) is 0. The Balaban J connectivity index is 1.81. The van der Waals surface area contributed by atoms with Crippen LogP contribution in [-0.4, -0.2) is 12.6 Å². The predicted molar refractivity (Wildman–Crippen MR) is 47.9 cm³/mol. The second kappa shape index (κ2) is 2.60. The molecule has 0 heterocycles. The Kier molecular flexibility index (Phi) is 1.52. The van der Waals surface area contributed by atoms with Crippen molar-refractivity contribution in [3.63, 3.8) is 0 Å². The van der Waals surface area contributed by atoms with Gasteiger partial charge in [0.25, 0.3) is 6.47 Å². The summed E-state index contributed by atoms with van der Waals surface area (Å²) >= 11 is 0. The summed E-state index contributed by atoms with van der Waals surface area (Å²) in [4.78, 5) is 10.3. The number of carbonyl (C=O) groups is 1. The lowest BCUT2D eigenvalue weighted by molar-refractivity contribution is -0.137. The zero-order valence-electron chi connectivity index (χ0n) is 7.56. The highest BCUT2D eigenvalue weighted by molar-refractivity contribution is 5.38. The molecule has 0 amide bonds. The van der Waals surface area contributed by atoms with Gasteiger partial charge in [-0.2, -0.15) is 0 Å². The molecule has 0 spiro atoms. The summed E-state index contributed by atoms with van der Waals surface area (Å²) in [5.74, 6) is 3.08. The number of rotatable bonds is 2. The van der Waals surface area contributed by atoms with Gasteiger partial charge in [0.15, 0.2) is 0 Å².